The molecule has 0 radical (unpaired) electrons. The molecular weight excluding hydrogens is 414 g/mol. The molecule has 1 aromatic heterocycles. The van der Waals surface area contributed by atoms with Gasteiger partial charge in [-0.15, -0.1) is 11.8 Å². The molecule has 2 aromatic carbocycles. The summed E-state index contributed by atoms with van der Waals surface area (Å²) in [5.74, 6) is 0.264. The van der Waals surface area contributed by atoms with Crippen molar-refractivity contribution in [3.05, 3.63) is 82.2 Å². The summed E-state index contributed by atoms with van der Waals surface area (Å²) in [5.41, 5.74) is 20.4. The van der Waals surface area contributed by atoms with Gasteiger partial charge in [-0.25, -0.2) is 0 Å². The number of benzene rings is 2. The zero-order valence-electron chi connectivity index (χ0n) is 19.7. The second-order valence-electron chi connectivity index (χ2n) is 9.43. The first kappa shape index (κ1) is 24.0. The van der Waals surface area contributed by atoms with Crippen LogP contribution in [0.1, 0.15) is 59.2 Å². The topological polar surface area (TPSA) is 82.0 Å². The van der Waals surface area contributed by atoms with E-state index in [0.29, 0.717) is 17.9 Å². The number of rotatable bonds is 7. The van der Waals surface area contributed by atoms with E-state index in [0.717, 1.165) is 39.4 Å². The molecule has 0 aliphatic rings. The van der Waals surface area contributed by atoms with E-state index in [4.69, 9.17) is 16.5 Å². The normalized spacial score (nSPS) is 11.6. The van der Waals surface area contributed by atoms with E-state index in [1.807, 2.05) is 18.2 Å². The van der Waals surface area contributed by atoms with Crippen molar-refractivity contribution in [3.63, 3.8) is 0 Å². The summed E-state index contributed by atoms with van der Waals surface area (Å²) in [7, 11) is 0. The summed E-state index contributed by atoms with van der Waals surface area (Å²) in [6.07, 6.45) is 0.858. The molecule has 0 aliphatic heterocycles. The minimum atomic E-state index is -0.412. The Hall–Kier alpha value is -2.63. The van der Waals surface area contributed by atoms with Crippen LogP contribution in [-0.2, 0) is 18.7 Å². The predicted octanol–water partition coefficient (Wildman–Crippen LogP) is 5.80. The quantitative estimate of drug-likeness (QED) is 0.448. The summed E-state index contributed by atoms with van der Waals surface area (Å²) in [6, 6.07) is 16.1. The third-order valence-electron chi connectivity index (χ3n) is 5.46. The number of carbonyl (C=O) groups is 1. The highest BCUT2D eigenvalue weighted by atomic mass is 32.2. The Balaban J connectivity index is 2.14. The molecule has 0 saturated heterocycles. The van der Waals surface area contributed by atoms with Crippen molar-refractivity contribution in [1.82, 2.24) is 4.98 Å². The van der Waals surface area contributed by atoms with E-state index in [-0.39, 0.29) is 5.41 Å². The number of primary amides is 1. The first-order chi connectivity index (χ1) is 15.1. The van der Waals surface area contributed by atoms with Gasteiger partial charge in [0, 0.05) is 28.6 Å². The summed E-state index contributed by atoms with van der Waals surface area (Å²) in [4.78, 5) is 17.8. The first-order valence-electron chi connectivity index (χ1n) is 10.9. The zero-order valence-corrected chi connectivity index (χ0v) is 20.5. The van der Waals surface area contributed by atoms with Gasteiger partial charge in [-0.05, 0) is 60.1 Å². The van der Waals surface area contributed by atoms with E-state index < -0.39 is 5.91 Å². The van der Waals surface area contributed by atoms with E-state index in [2.05, 4.69) is 58.9 Å². The Morgan fingerprint density at radius 2 is 1.66 bits per heavy atom. The number of nitrogens with two attached hydrogens (primary N) is 2. The highest BCUT2D eigenvalue weighted by Gasteiger charge is 2.22. The average Bonchev–Trinajstić information content (AvgIpc) is 2.72. The molecule has 0 spiro atoms. The van der Waals surface area contributed by atoms with Gasteiger partial charge in [-0.1, -0.05) is 62.7 Å². The van der Waals surface area contributed by atoms with Crippen molar-refractivity contribution in [1.29, 1.82) is 0 Å². The summed E-state index contributed by atoms with van der Waals surface area (Å²) in [5, 5.41) is 0. The third kappa shape index (κ3) is 5.59. The highest BCUT2D eigenvalue weighted by molar-refractivity contribution is 7.98. The number of carbonyl (C=O) groups excluding carboxylic acids is 1. The summed E-state index contributed by atoms with van der Waals surface area (Å²) < 4.78 is 0. The smallest absolute Gasteiger partial charge is 0.249 e. The Morgan fingerprint density at radius 1 is 1.00 bits per heavy atom. The van der Waals surface area contributed by atoms with Gasteiger partial charge in [0.05, 0.1) is 5.56 Å². The third-order valence-corrected chi connectivity index (χ3v) is 6.56. The standard InChI is InChI=1S/C27H33N3OS/c1-17-10-12-19(13-11-17)25-21(15-28)23(14-27(3,4)5)30-18(2)22(25)16-32-24-9-7-6-8-20(24)26(29)31/h6-13H,14-16,28H2,1-5H3,(H2,29,31). The van der Waals surface area contributed by atoms with Gasteiger partial charge in [0.1, 0.15) is 0 Å². The molecule has 3 aromatic rings. The van der Waals surface area contributed by atoms with Crippen LogP contribution in [0.3, 0.4) is 0 Å². The van der Waals surface area contributed by atoms with Gasteiger partial charge < -0.3 is 11.5 Å². The minimum Gasteiger partial charge on any atom is -0.366 e. The Bertz CT molecular complexity index is 1110. The lowest BCUT2D eigenvalue weighted by molar-refractivity contribution is 0.0997. The lowest BCUT2D eigenvalue weighted by atomic mass is 9.85. The van der Waals surface area contributed by atoms with Crippen LogP contribution in [0.4, 0.5) is 0 Å². The lowest BCUT2D eigenvalue weighted by Gasteiger charge is -2.24. The highest BCUT2D eigenvalue weighted by Crippen LogP contribution is 2.37. The van der Waals surface area contributed by atoms with Crippen LogP contribution < -0.4 is 11.5 Å². The monoisotopic (exact) mass is 447 g/mol. The van der Waals surface area contributed by atoms with Crippen molar-refractivity contribution < 1.29 is 4.79 Å². The molecule has 32 heavy (non-hydrogen) atoms. The number of nitrogens with zero attached hydrogens (tertiary/aromatic N) is 1. The van der Waals surface area contributed by atoms with Crippen molar-refractivity contribution in [2.75, 3.05) is 0 Å². The van der Waals surface area contributed by atoms with Crippen molar-refractivity contribution >= 4 is 17.7 Å². The summed E-state index contributed by atoms with van der Waals surface area (Å²) in [6.45, 7) is 11.3. The number of aromatic nitrogens is 1. The molecule has 0 fully saturated rings. The van der Waals surface area contributed by atoms with Gasteiger partial charge in [-0.2, -0.15) is 0 Å². The maximum atomic E-state index is 11.9. The van der Waals surface area contributed by atoms with E-state index in [1.165, 1.54) is 11.1 Å². The Morgan fingerprint density at radius 3 is 2.25 bits per heavy atom. The summed E-state index contributed by atoms with van der Waals surface area (Å²) >= 11 is 1.61. The molecule has 1 heterocycles. The molecule has 0 unspecified atom stereocenters. The van der Waals surface area contributed by atoms with E-state index >= 15 is 0 Å². The number of amides is 1. The van der Waals surface area contributed by atoms with Gasteiger partial charge in [0.25, 0.3) is 0 Å². The van der Waals surface area contributed by atoms with Gasteiger partial charge in [0.2, 0.25) is 5.91 Å². The van der Waals surface area contributed by atoms with Crippen LogP contribution in [0.15, 0.2) is 53.4 Å². The van der Waals surface area contributed by atoms with Gasteiger partial charge >= 0.3 is 0 Å². The van der Waals surface area contributed by atoms with Crippen LogP contribution in [0.25, 0.3) is 11.1 Å². The van der Waals surface area contributed by atoms with Crippen LogP contribution in [0.5, 0.6) is 0 Å². The molecule has 3 rings (SSSR count). The van der Waals surface area contributed by atoms with Crippen molar-refractivity contribution in [2.45, 2.75) is 58.2 Å². The Labute approximate surface area is 195 Å². The fourth-order valence-corrected chi connectivity index (χ4v) is 5.06. The number of thioether (sulfide) groups is 1. The number of aryl methyl sites for hydroxylation is 2. The van der Waals surface area contributed by atoms with E-state index in [9.17, 15) is 4.79 Å². The van der Waals surface area contributed by atoms with Crippen LogP contribution >= 0.6 is 11.8 Å². The lowest BCUT2D eigenvalue weighted by Crippen LogP contribution is -2.17. The van der Waals surface area contributed by atoms with Crippen molar-refractivity contribution in [3.8, 4) is 11.1 Å². The SMILES string of the molecule is Cc1ccc(-c2c(CSc3ccccc3C(N)=O)c(C)nc(CC(C)(C)C)c2CN)cc1. The number of hydrogen-bond acceptors (Lipinski definition) is 4. The molecule has 0 aliphatic carbocycles. The van der Waals surface area contributed by atoms with Crippen LogP contribution in [0.2, 0.25) is 0 Å². The second-order valence-corrected chi connectivity index (χ2v) is 10.4. The average molecular weight is 448 g/mol. The number of pyridine rings is 1. The molecule has 0 saturated carbocycles. The molecule has 4 N–H and O–H groups in total. The molecule has 0 atom stereocenters. The van der Waals surface area contributed by atoms with Crippen molar-refractivity contribution in [2.24, 2.45) is 16.9 Å². The zero-order chi connectivity index (χ0) is 23.5. The number of hydrogen-bond donors (Lipinski definition) is 2. The van der Waals surface area contributed by atoms with Crippen LogP contribution in [-0.4, -0.2) is 10.9 Å². The Kier molecular flexibility index (Phi) is 7.42. The van der Waals surface area contributed by atoms with Crippen LogP contribution in [0, 0.1) is 19.3 Å². The van der Waals surface area contributed by atoms with E-state index in [1.54, 1.807) is 17.8 Å². The second kappa shape index (κ2) is 9.88. The molecule has 0 bridgehead atoms. The molecule has 168 valence electrons. The minimum absolute atomic E-state index is 0.102. The molecular formula is C27H33N3OS. The molecule has 4 nitrogen and oxygen atoms in total. The maximum absolute atomic E-state index is 11.9. The van der Waals surface area contributed by atoms with Gasteiger partial charge in [-0.3, -0.25) is 9.78 Å². The molecule has 5 heteroatoms. The first-order valence-corrected chi connectivity index (χ1v) is 11.9. The maximum Gasteiger partial charge on any atom is 0.249 e. The molecule has 1 amide bonds. The fourth-order valence-electron chi connectivity index (χ4n) is 3.90. The van der Waals surface area contributed by atoms with Gasteiger partial charge in [0.15, 0.2) is 0 Å². The predicted molar refractivity (Wildman–Crippen MR) is 135 cm³/mol. The largest absolute Gasteiger partial charge is 0.366 e. The fraction of sp³-hybridized carbons (Fsp3) is 0.333.